The molecule has 0 aliphatic carbocycles. The lowest BCUT2D eigenvalue weighted by Crippen LogP contribution is -2.38. The van der Waals surface area contributed by atoms with E-state index in [9.17, 15) is 4.79 Å². The van der Waals surface area contributed by atoms with Crippen LogP contribution in [0.5, 0.6) is 0 Å². The van der Waals surface area contributed by atoms with E-state index in [0.29, 0.717) is 11.4 Å². The molecule has 0 unspecified atom stereocenters. The second-order valence-electron chi connectivity index (χ2n) is 4.02. The third-order valence-electron chi connectivity index (χ3n) is 2.77. The highest BCUT2D eigenvalue weighted by molar-refractivity contribution is 6.33. The monoisotopic (exact) mass is 276 g/mol. The van der Waals surface area contributed by atoms with Crippen LogP contribution in [-0.2, 0) is 0 Å². The van der Waals surface area contributed by atoms with Crippen molar-refractivity contribution in [1.29, 1.82) is 0 Å². The van der Waals surface area contributed by atoms with Crippen molar-refractivity contribution in [3.63, 3.8) is 0 Å². The van der Waals surface area contributed by atoms with Crippen molar-refractivity contribution in [1.82, 2.24) is 4.98 Å². The number of nitrogen functional groups attached to an aromatic ring is 1. The molecule has 0 saturated carbocycles. The van der Waals surface area contributed by atoms with Gasteiger partial charge in [-0.05, 0) is 30.7 Å². The summed E-state index contributed by atoms with van der Waals surface area (Å²) in [4.78, 5) is 16.1. The van der Waals surface area contributed by atoms with Crippen LogP contribution < -0.4 is 16.6 Å². The second-order valence-corrected chi connectivity index (χ2v) is 4.38. The minimum absolute atomic E-state index is 0.106. The molecule has 6 heteroatoms. The Bertz CT molecular complexity index is 630. The number of pyridine rings is 1. The largest absolute Gasteiger partial charge is 0.397 e. The molecule has 19 heavy (non-hydrogen) atoms. The molecule has 0 atom stereocenters. The Morgan fingerprint density at radius 1 is 1.32 bits per heavy atom. The molecule has 1 amide bonds. The number of hydrogen-bond acceptors (Lipinski definition) is 4. The number of para-hydroxylation sites is 1. The predicted molar refractivity (Wildman–Crippen MR) is 75.8 cm³/mol. The molecule has 1 aromatic heterocycles. The topological polar surface area (TPSA) is 85.2 Å². The molecule has 0 aliphatic rings. The van der Waals surface area contributed by atoms with Gasteiger partial charge in [0.25, 0.3) is 5.91 Å². The van der Waals surface area contributed by atoms with Gasteiger partial charge in [0.15, 0.2) is 0 Å². The number of anilines is 2. The lowest BCUT2D eigenvalue weighted by molar-refractivity contribution is 0.0987. The van der Waals surface area contributed by atoms with E-state index in [4.69, 9.17) is 23.2 Å². The molecular formula is C13H13ClN4O. The number of carbonyl (C=O) groups excluding carboxylic acids is 1. The normalized spacial score (nSPS) is 10.3. The molecule has 1 aromatic carbocycles. The Morgan fingerprint density at radius 2 is 2.05 bits per heavy atom. The van der Waals surface area contributed by atoms with E-state index in [0.717, 1.165) is 10.6 Å². The summed E-state index contributed by atoms with van der Waals surface area (Å²) in [7, 11) is 0. The fourth-order valence-corrected chi connectivity index (χ4v) is 1.86. The highest BCUT2D eigenvalue weighted by atomic mass is 35.5. The van der Waals surface area contributed by atoms with Crippen LogP contribution >= 0.6 is 11.6 Å². The Morgan fingerprint density at radius 3 is 2.74 bits per heavy atom. The number of halogens is 1. The van der Waals surface area contributed by atoms with Crippen LogP contribution in [0.1, 0.15) is 15.9 Å². The van der Waals surface area contributed by atoms with Crippen molar-refractivity contribution in [3.05, 3.63) is 52.8 Å². The van der Waals surface area contributed by atoms with Crippen LogP contribution in [0.4, 0.5) is 11.4 Å². The minimum atomic E-state index is -0.463. The zero-order chi connectivity index (χ0) is 14.0. The van der Waals surface area contributed by atoms with Gasteiger partial charge in [-0.25, -0.2) is 15.8 Å². The van der Waals surface area contributed by atoms with Gasteiger partial charge in [-0.2, -0.15) is 0 Å². The van der Waals surface area contributed by atoms with Gasteiger partial charge >= 0.3 is 0 Å². The first-order valence-electron chi connectivity index (χ1n) is 5.57. The summed E-state index contributed by atoms with van der Waals surface area (Å²) < 4.78 is 0. The summed E-state index contributed by atoms with van der Waals surface area (Å²) in [5.74, 6) is 5.36. The quantitative estimate of drug-likeness (QED) is 0.289. The third kappa shape index (κ3) is 2.52. The summed E-state index contributed by atoms with van der Waals surface area (Å²) in [6, 6.07) is 8.47. The smallest absolute Gasteiger partial charge is 0.275 e. The van der Waals surface area contributed by atoms with Crippen molar-refractivity contribution in [2.24, 2.45) is 5.84 Å². The van der Waals surface area contributed by atoms with Crippen molar-refractivity contribution in [2.75, 3.05) is 10.7 Å². The van der Waals surface area contributed by atoms with Gasteiger partial charge in [-0.3, -0.25) is 4.79 Å². The SMILES string of the molecule is Cc1cccc(N(N)C(=O)c2cccnc2Cl)c1N. The van der Waals surface area contributed by atoms with Crippen LogP contribution in [-0.4, -0.2) is 10.9 Å². The van der Waals surface area contributed by atoms with E-state index in [1.54, 1.807) is 24.3 Å². The summed E-state index contributed by atoms with van der Waals surface area (Å²) in [6.07, 6.45) is 1.50. The molecule has 5 nitrogen and oxygen atoms in total. The first kappa shape index (κ1) is 13.3. The molecule has 1 heterocycles. The average molecular weight is 277 g/mol. The van der Waals surface area contributed by atoms with Crippen molar-refractivity contribution >= 4 is 28.9 Å². The predicted octanol–water partition coefficient (Wildman–Crippen LogP) is 2.15. The number of nitrogens with two attached hydrogens (primary N) is 2. The van der Waals surface area contributed by atoms with E-state index in [1.165, 1.54) is 6.20 Å². The second kappa shape index (κ2) is 5.26. The zero-order valence-corrected chi connectivity index (χ0v) is 11.1. The lowest BCUT2D eigenvalue weighted by atomic mass is 10.1. The van der Waals surface area contributed by atoms with Gasteiger partial charge in [0.1, 0.15) is 5.15 Å². The highest BCUT2D eigenvalue weighted by Crippen LogP contribution is 2.26. The summed E-state index contributed by atoms with van der Waals surface area (Å²) in [5.41, 5.74) is 7.88. The van der Waals surface area contributed by atoms with Gasteiger partial charge in [0.2, 0.25) is 0 Å². The standard InChI is InChI=1S/C13H13ClN4O/c1-8-4-2-6-10(11(8)15)18(16)13(19)9-5-3-7-17-12(9)14/h2-7H,15-16H2,1H3. The Kier molecular flexibility index (Phi) is 3.69. The van der Waals surface area contributed by atoms with Gasteiger partial charge < -0.3 is 5.73 Å². The van der Waals surface area contributed by atoms with E-state index < -0.39 is 5.91 Å². The van der Waals surface area contributed by atoms with E-state index >= 15 is 0 Å². The van der Waals surface area contributed by atoms with E-state index in [1.807, 2.05) is 13.0 Å². The van der Waals surface area contributed by atoms with Gasteiger partial charge in [0.05, 0.1) is 16.9 Å². The Labute approximate surface area is 115 Å². The van der Waals surface area contributed by atoms with Gasteiger partial charge in [-0.15, -0.1) is 0 Å². The molecular weight excluding hydrogens is 264 g/mol. The maximum absolute atomic E-state index is 12.3. The molecule has 2 aromatic rings. The first-order valence-corrected chi connectivity index (χ1v) is 5.95. The fourth-order valence-electron chi connectivity index (χ4n) is 1.66. The Hall–Kier alpha value is -2.11. The van der Waals surface area contributed by atoms with Crippen LogP contribution in [0.25, 0.3) is 0 Å². The Balaban J connectivity index is 2.40. The van der Waals surface area contributed by atoms with Crippen LogP contribution in [0, 0.1) is 6.92 Å². The van der Waals surface area contributed by atoms with Crippen LogP contribution in [0.15, 0.2) is 36.5 Å². The van der Waals surface area contributed by atoms with E-state index in [-0.39, 0.29) is 10.7 Å². The highest BCUT2D eigenvalue weighted by Gasteiger charge is 2.19. The molecule has 0 saturated heterocycles. The summed E-state index contributed by atoms with van der Waals surface area (Å²) >= 11 is 5.88. The van der Waals surface area contributed by atoms with Crippen molar-refractivity contribution in [3.8, 4) is 0 Å². The van der Waals surface area contributed by atoms with Crippen molar-refractivity contribution in [2.45, 2.75) is 6.92 Å². The molecule has 0 aliphatic heterocycles. The minimum Gasteiger partial charge on any atom is -0.397 e. The van der Waals surface area contributed by atoms with Crippen molar-refractivity contribution < 1.29 is 4.79 Å². The fraction of sp³-hybridized carbons (Fsp3) is 0.0769. The van der Waals surface area contributed by atoms with Crippen LogP contribution in [0.2, 0.25) is 5.15 Å². The molecule has 4 N–H and O–H groups in total. The number of carbonyl (C=O) groups is 1. The number of hydrogen-bond donors (Lipinski definition) is 2. The number of amides is 1. The molecule has 0 bridgehead atoms. The number of aromatic nitrogens is 1. The molecule has 0 fully saturated rings. The number of nitrogens with zero attached hydrogens (tertiary/aromatic N) is 2. The summed E-state index contributed by atoms with van der Waals surface area (Å²) in [6.45, 7) is 1.84. The zero-order valence-electron chi connectivity index (χ0n) is 10.3. The molecule has 2 rings (SSSR count). The van der Waals surface area contributed by atoms with Gasteiger partial charge in [-0.1, -0.05) is 23.7 Å². The third-order valence-corrected chi connectivity index (χ3v) is 3.07. The maximum atomic E-state index is 12.3. The summed E-state index contributed by atoms with van der Waals surface area (Å²) in [5, 5.41) is 1.08. The average Bonchev–Trinajstić information content (AvgIpc) is 2.41. The molecule has 98 valence electrons. The lowest BCUT2D eigenvalue weighted by Gasteiger charge is -2.19. The number of rotatable bonds is 2. The number of hydrazine groups is 1. The number of aryl methyl sites for hydroxylation is 1. The first-order chi connectivity index (χ1) is 9.02. The van der Waals surface area contributed by atoms with Crippen LogP contribution in [0.3, 0.4) is 0 Å². The maximum Gasteiger partial charge on any atom is 0.275 e. The van der Waals surface area contributed by atoms with E-state index in [2.05, 4.69) is 4.98 Å². The number of benzene rings is 1. The molecule has 0 radical (unpaired) electrons. The molecule has 0 spiro atoms. The van der Waals surface area contributed by atoms with Gasteiger partial charge in [0, 0.05) is 6.20 Å².